The van der Waals surface area contributed by atoms with Gasteiger partial charge in [-0.2, -0.15) is 0 Å². The number of halogens is 3. The van der Waals surface area contributed by atoms with Crippen LogP contribution in [0.5, 0.6) is 0 Å². The second-order valence-electron chi connectivity index (χ2n) is 4.76. The van der Waals surface area contributed by atoms with Gasteiger partial charge >= 0.3 is 6.09 Å². The number of benzene rings is 1. The Hall–Kier alpha value is -0.680. The fourth-order valence-electron chi connectivity index (χ4n) is 2.21. The van der Waals surface area contributed by atoms with Crippen molar-refractivity contribution in [2.75, 3.05) is 31.6 Å². The molecule has 1 heterocycles. The van der Waals surface area contributed by atoms with Crippen molar-refractivity contribution in [3.05, 3.63) is 28.2 Å². The van der Waals surface area contributed by atoms with E-state index in [0.717, 1.165) is 19.6 Å². The number of nitrogens with one attached hydrogen (secondary N) is 1. The molecule has 0 atom stereocenters. The van der Waals surface area contributed by atoms with Gasteiger partial charge < -0.3 is 4.74 Å². The smallest absolute Gasteiger partial charge is 0.411 e. The topological polar surface area (TPSA) is 41.6 Å². The van der Waals surface area contributed by atoms with Gasteiger partial charge in [0.2, 0.25) is 0 Å². The number of ether oxygens (including phenoxy) is 1. The van der Waals surface area contributed by atoms with Gasteiger partial charge in [0.25, 0.3) is 0 Å². The quantitative estimate of drug-likeness (QED) is 0.869. The van der Waals surface area contributed by atoms with E-state index in [1.807, 2.05) is 0 Å². The van der Waals surface area contributed by atoms with Crippen molar-refractivity contribution in [3.63, 3.8) is 0 Å². The zero-order valence-electron chi connectivity index (χ0n) is 11.6. The molecule has 0 spiro atoms. The van der Waals surface area contributed by atoms with E-state index in [-0.39, 0.29) is 12.4 Å². The number of piperidine rings is 1. The van der Waals surface area contributed by atoms with Gasteiger partial charge in [-0.15, -0.1) is 12.4 Å². The van der Waals surface area contributed by atoms with Gasteiger partial charge in [0, 0.05) is 6.54 Å². The lowest BCUT2D eigenvalue weighted by Gasteiger charge is -2.25. The van der Waals surface area contributed by atoms with Gasteiger partial charge in [-0.3, -0.25) is 10.2 Å². The first kappa shape index (κ1) is 18.4. The Labute approximate surface area is 141 Å². The SMILES string of the molecule is Cl.O=C(Nc1c(Cl)cccc1Cl)OCCN1CCCCC1. The van der Waals surface area contributed by atoms with Crippen LogP contribution < -0.4 is 5.32 Å². The molecule has 0 bridgehead atoms. The molecule has 1 aliphatic rings. The van der Waals surface area contributed by atoms with Crippen LogP contribution in [0.2, 0.25) is 10.0 Å². The normalized spacial score (nSPS) is 15.1. The second kappa shape index (κ2) is 9.36. The third-order valence-electron chi connectivity index (χ3n) is 3.28. The number of para-hydroxylation sites is 1. The molecule has 1 fully saturated rings. The van der Waals surface area contributed by atoms with Gasteiger partial charge in [0.15, 0.2) is 0 Å². The summed E-state index contributed by atoms with van der Waals surface area (Å²) < 4.78 is 5.15. The fraction of sp³-hybridized carbons (Fsp3) is 0.500. The van der Waals surface area contributed by atoms with Crippen molar-refractivity contribution >= 4 is 47.4 Å². The van der Waals surface area contributed by atoms with Crippen molar-refractivity contribution in [1.29, 1.82) is 0 Å². The van der Waals surface area contributed by atoms with Crippen molar-refractivity contribution in [2.24, 2.45) is 0 Å². The fourth-order valence-corrected chi connectivity index (χ4v) is 2.70. The summed E-state index contributed by atoms with van der Waals surface area (Å²) in [7, 11) is 0. The number of rotatable bonds is 4. The largest absolute Gasteiger partial charge is 0.448 e. The van der Waals surface area contributed by atoms with Crippen molar-refractivity contribution in [1.82, 2.24) is 4.90 Å². The molecular formula is C14H19Cl3N2O2. The average molecular weight is 354 g/mol. The van der Waals surface area contributed by atoms with Gasteiger partial charge in [0.1, 0.15) is 6.61 Å². The number of amides is 1. The first-order valence-corrected chi connectivity index (χ1v) is 7.52. The summed E-state index contributed by atoms with van der Waals surface area (Å²) in [6.07, 6.45) is 3.21. The molecule has 0 aromatic heterocycles. The van der Waals surface area contributed by atoms with E-state index in [1.54, 1.807) is 18.2 Å². The van der Waals surface area contributed by atoms with Gasteiger partial charge in [-0.05, 0) is 38.1 Å². The molecule has 4 nitrogen and oxygen atoms in total. The summed E-state index contributed by atoms with van der Waals surface area (Å²) in [4.78, 5) is 14.0. The van der Waals surface area contributed by atoms with Crippen LogP contribution in [-0.2, 0) is 4.74 Å². The van der Waals surface area contributed by atoms with E-state index in [4.69, 9.17) is 27.9 Å². The van der Waals surface area contributed by atoms with Crippen molar-refractivity contribution < 1.29 is 9.53 Å². The number of anilines is 1. The summed E-state index contributed by atoms with van der Waals surface area (Å²) in [5.41, 5.74) is 0.388. The van der Waals surface area contributed by atoms with Crippen molar-refractivity contribution in [3.8, 4) is 0 Å². The zero-order valence-corrected chi connectivity index (χ0v) is 13.9. The summed E-state index contributed by atoms with van der Waals surface area (Å²) in [5.74, 6) is 0. The predicted octanol–water partition coefficient (Wildman–Crippen LogP) is 4.45. The highest BCUT2D eigenvalue weighted by Crippen LogP contribution is 2.29. The third kappa shape index (κ3) is 5.91. The molecule has 118 valence electrons. The van der Waals surface area contributed by atoms with E-state index in [2.05, 4.69) is 10.2 Å². The highest BCUT2D eigenvalue weighted by molar-refractivity contribution is 6.39. The molecule has 0 saturated carbocycles. The second-order valence-corrected chi connectivity index (χ2v) is 5.57. The van der Waals surface area contributed by atoms with Crippen LogP contribution in [-0.4, -0.2) is 37.2 Å². The minimum Gasteiger partial charge on any atom is -0.448 e. The minimum atomic E-state index is -0.531. The van der Waals surface area contributed by atoms with E-state index in [9.17, 15) is 4.79 Å². The summed E-state index contributed by atoms with van der Waals surface area (Å²) in [6.45, 7) is 3.31. The number of nitrogens with zero attached hydrogens (tertiary/aromatic N) is 1. The molecule has 0 radical (unpaired) electrons. The maximum Gasteiger partial charge on any atom is 0.411 e. The molecular weight excluding hydrogens is 335 g/mol. The predicted molar refractivity (Wildman–Crippen MR) is 89.0 cm³/mol. The maximum atomic E-state index is 11.7. The first-order chi connectivity index (χ1) is 9.66. The van der Waals surface area contributed by atoms with Gasteiger partial charge in [0.05, 0.1) is 15.7 Å². The Morgan fingerprint density at radius 2 is 1.81 bits per heavy atom. The molecule has 2 rings (SSSR count). The highest BCUT2D eigenvalue weighted by Gasteiger charge is 2.12. The highest BCUT2D eigenvalue weighted by atomic mass is 35.5. The Kier molecular flexibility index (Phi) is 8.19. The molecule has 1 saturated heterocycles. The van der Waals surface area contributed by atoms with Crippen LogP contribution in [0.25, 0.3) is 0 Å². The Bertz CT molecular complexity index is 445. The van der Waals surface area contributed by atoms with E-state index in [1.165, 1.54) is 19.3 Å². The molecule has 0 unspecified atom stereocenters. The van der Waals surface area contributed by atoms with Crippen LogP contribution in [0.15, 0.2) is 18.2 Å². The van der Waals surface area contributed by atoms with Crippen LogP contribution in [0, 0.1) is 0 Å². The third-order valence-corrected chi connectivity index (χ3v) is 3.91. The lowest BCUT2D eigenvalue weighted by atomic mass is 10.1. The van der Waals surface area contributed by atoms with Crippen LogP contribution in [0.4, 0.5) is 10.5 Å². The number of carbonyl (C=O) groups excluding carboxylic acids is 1. The van der Waals surface area contributed by atoms with Crippen LogP contribution in [0.1, 0.15) is 19.3 Å². The number of carbonyl (C=O) groups is 1. The molecule has 1 N–H and O–H groups in total. The van der Waals surface area contributed by atoms with E-state index >= 15 is 0 Å². The van der Waals surface area contributed by atoms with Crippen molar-refractivity contribution in [2.45, 2.75) is 19.3 Å². The number of hydrogen-bond donors (Lipinski definition) is 1. The van der Waals surface area contributed by atoms with Crippen LogP contribution in [0.3, 0.4) is 0 Å². The monoisotopic (exact) mass is 352 g/mol. The average Bonchev–Trinajstić information content (AvgIpc) is 2.44. The van der Waals surface area contributed by atoms with Crippen LogP contribution >= 0.6 is 35.6 Å². The Morgan fingerprint density at radius 1 is 1.19 bits per heavy atom. The van der Waals surface area contributed by atoms with Gasteiger partial charge in [-0.25, -0.2) is 4.79 Å². The maximum absolute atomic E-state index is 11.7. The summed E-state index contributed by atoms with van der Waals surface area (Å²) in [6, 6.07) is 5.05. The lowest BCUT2D eigenvalue weighted by Crippen LogP contribution is -2.33. The zero-order chi connectivity index (χ0) is 14.4. The molecule has 0 aliphatic carbocycles. The molecule has 21 heavy (non-hydrogen) atoms. The Balaban J connectivity index is 0.00000220. The number of hydrogen-bond acceptors (Lipinski definition) is 3. The molecule has 7 heteroatoms. The van der Waals surface area contributed by atoms with E-state index in [0.29, 0.717) is 22.3 Å². The minimum absolute atomic E-state index is 0. The molecule has 1 aromatic carbocycles. The van der Waals surface area contributed by atoms with Gasteiger partial charge in [-0.1, -0.05) is 35.7 Å². The summed E-state index contributed by atoms with van der Waals surface area (Å²) in [5, 5.41) is 3.36. The standard InChI is InChI=1S/C14H18Cl2N2O2.ClH/c15-11-5-4-6-12(16)13(11)17-14(19)20-10-9-18-7-2-1-3-8-18;/h4-6H,1-3,7-10H2,(H,17,19);1H. The molecule has 1 amide bonds. The number of likely N-dealkylation sites (tertiary alicyclic amines) is 1. The molecule has 1 aromatic rings. The Morgan fingerprint density at radius 3 is 2.43 bits per heavy atom. The lowest BCUT2D eigenvalue weighted by molar-refractivity contribution is 0.131. The summed E-state index contributed by atoms with van der Waals surface area (Å²) >= 11 is 11.9. The molecule has 1 aliphatic heterocycles. The first-order valence-electron chi connectivity index (χ1n) is 6.77. The van der Waals surface area contributed by atoms with E-state index < -0.39 is 6.09 Å².